The summed E-state index contributed by atoms with van der Waals surface area (Å²) in [5.41, 5.74) is 2.40. The molecule has 6 heteroatoms. The van der Waals surface area contributed by atoms with E-state index in [-0.39, 0.29) is 6.03 Å². The van der Waals surface area contributed by atoms with Gasteiger partial charge in [-0.2, -0.15) is 0 Å². The van der Waals surface area contributed by atoms with E-state index >= 15 is 0 Å². The number of hydrogen-bond donors (Lipinski definition) is 1. The zero-order valence-electron chi connectivity index (χ0n) is 11.5. The molecule has 0 saturated carbocycles. The van der Waals surface area contributed by atoms with Crippen LogP contribution in [-0.2, 0) is 13.0 Å². The lowest BCUT2D eigenvalue weighted by Gasteiger charge is -2.31. The molecule has 1 aliphatic rings. The summed E-state index contributed by atoms with van der Waals surface area (Å²) in [6, 6.07) is -0.00201. The van der Waals surface area contributed by atoms with Gasteiger partial charge in [-0.3, -0.25) is 0 Å². The van der Waals surface area contributed by atoms with Gasteiger partial charge < -0.3 is 15.1 Å². The molecular formula is C13H19BrN4O. The Hall–Kier alpha value is -1.30. The molecule has 2 heterocycles. The molecule has 5 nitrogen and oxygen atoms in total. The molecule has 0 aliphatic carbocycles. The Morgan fingerprint density at radius 1 is 1.53 bits per heavy atom. The van der Waals surface area contributed by atoms with Crippen molar-refractivity contribution in [2.75, 3.05) is 32.1 Å². The van der Waals surface area contributed by atoms with Gasteiger partial charge in [0.2, 0.25) is 0 Å². The van der Waals surface area contributed by atoms with Gasteiger partial charge in [0.1, 0.15) is 5.82 Å². The van der Waals surface area contributed by atoms with Crippen LogP contribution >= 0.6 is 15.9 Å². The van der Waals surface area contributed by atoms with Gasteiger partial charge in [0.05, 0.1) is 6.54 Å². The quantitative estimate of drug-likeness (QED) is 0.904. The van der Waals surface area contributed by atoms with Crippen LogP contribution in [0.5, 0.6) is 0 Å². The molecule has 104 valence electrons. The summed E-state index contributed by atoms with van der Waals surface area (Å²) in [6.07, 6.45) is 2.70. The summed E-state index contributed by atoms with van der Waals surface area (Å²) >= 11 is 3.55. The number of pyridine rings is 1. The van der Waals surface area contributed by atoms with E-state index in [4.69, 9.17) is 0 Å². The number of anilines is 1. The molecule has 1 aromatic rings. The molecule has 0 atom stereocenters. The average molecular weight is 327 g/mol. The lowest BCUT2D eigenvalue weighted by Crippen LogP contribution is -2.43. The number of nitrogens with one attached hydrogen (secondary N) is 1. The zero-order chi connectivity index (χ0) is 14.0. The maximum atomic E-state index is 11.9. The molecular weight excluding hydrogens is 308 g/mol. The van der Waals surface area contributed by atoms with Gasteiger partial charge in [0.15, 0.2) is 0 Å². The van der Waals surface area contributed by atoms with Gasteiger partial charge >= 0.3 is 6.03 Å². The minimum absolute atomic E-state index is 0.00201. The van der Waals surface area contributed by atoms with Crippen LogP contribution in [0.1, 0.15) is 18.1 Å². The lowest BCUT2D eigenvalue weighted by atomic mass is 10.0. The van der Waals surface area contributed by atoms with Crippen LogP contribution in [0.15, 0.2) is 10.7 Å². The van der Waals surface area contributed by atoms with Crippen molar-refractivity contribution in [3.8, 4) is 0 Å². The van der Waals surface area contributed by atoms with Gasteiger partial charge in [-0.1, -0.05) is 0 Å². The standard InChI is InChI=1S/C13H19BrN4O/c1-4-15-13(19)18-6-5-9-10(8-18)12(17(2)3)16-7-11(9)14/h7H,4-6,8H2,1-3H3,(H,15,19). The van der Waals surface area contributed by atoms with Crippen LogP contribution in [0, 0.1) is 0 Å². The van der Waals surface area contributed by atoms with Gasteiger partial charge in [-0.15, -0.1) is 0 Å². The van der Waals surface area contributed by atoms with E-state index in [1.807, 2.05) is 37.0 Å². The summed E-state index contributed by atoms with van der Waals surface area (Å²) < 4.78 is 1.03. The van der Waals surface area contributed by atoms with E-state index in [1.54, 1.807) is 0 Å². The third kappa shape index (κ3) is 2.83. The minimum atomic E-state index is -0.00201. The van der Waals surface area contributed by atoms with E-state index in [0.29, 0.717) is 13.1 Å². The van der Waals surface area contributed by atoms with Crippen molar-refractivity contribution in [2.45, 2.75) is 19.9 Å². The molecule has 0 aromatic carbocycles. The fraction of sp³-hybridized carbons (Fsp3) is 0.538. The SMILES string of the molecule is CCNC(=O)N1CCc2c(Br)cnc(N(C)C)c2C1. The number of urea groups is 1. The van der Waals surface area contributed by atoms with Gasteiger partial charge in [0, 0.05) is 43.4 Å². The predicted molar refractivity (Wildman–Crippen MR) is 79.5 cm³/mol. The van der Waals surface area contributed by atoms with Crippen molar-refractivity contribution in [2.24, 2.45) is 0 Å². The normalized spacial score (nSPS) is 14.0. The predicted octanol–water partition coefficient (Wildman–Crippen LogP) is 2.00. The number of fused-ring (bicyclic) bond motifs is 1. The molecule has 0 bridgehead atoms. The number of nitrogens with zero attached hydrogens (tertiary/aromatic N) is 3. The molecule has 19 heavy (non-hydrogen) atoms. The Morgan fingerprint density at radius 2 is 2.26 bits per heavy atom. The number of rotatable bonds is 2. The minimum Gasteiger partial charge on any atom is -0.362 e. The number of carbonyl (C=O) groups is 1. The Kier molecular flexibility index (Phi) is 4.29. The summed E-state index contributed by atoms with van der Waals surface area (Å²) in [4.78, 5) is 20.2. The summed E-state index contributed by atoms with van der Waals surface area (Å²) in [7, 11) is 3.95. The zero-order valence-corrected chi connectivity index (χ0v) is 13.1. The smallest absolute Gasteiger partial charge is 0.317 e. The monoisotopic (exact) mass is 326 g/mol. The molecule has 1 aromatic heterocycles. The Balaban J connectivity index is 2.32. The fourth-order valence-electron chi connectivity index (χ4n) is 2.33. The topological polar surface area (TPSA) is 48.5 Å². The Morgan fingerprint density at radius 3 is 2.89 bits per heavy atom. The van der Waals surface area contributed by atoms with E-state index in [9.17, 15) is 4.79 Å². The number of halogens is 1. The summed E-state index contributed by atoms with van der Waals surface area (Å²) in [5.74, 6) is 0.937. The third-order valence-corrected chi connectivity index (χ3v) is 3.93. The van der Waals surface area contributed by atoms with Crippen LogP contribution in [0.3, 0.4) is 0 Å². The maximum Gasteiger partial charge on any atom is 0.317 e. The second-order valence-electron chi connectivity index (χ2n) is 4.79. The summed E-state index contributed by atoms with van der Waals surface area (Å²) in [6.45, 7) is 3.94. The molecule has 0 spiro atoms. The molecule has 2 rings (SSSR count). The van der Waals surface area contributed by atoms with Crippen molar-refractivity contribution in [3.05, 3.63) is 21.8 Å². The van der Waals surface area contributed by atoms with E-state index in [0.717, 1.165) is 28.8 Å². The largest absolute Gasteiger partial charge is 0.362 e. The highest BCUT2D eigenvalue weighted by Crippen LogP contribution is 2.31. The fourth-order valence-corrected chi connectivity index (χ4v) is 2.87. The number of carbonyl (C=O) groups excluding carboxylic acids is 1. The first kappa shape index (κ1) is 14.1. The molecule has 0 saturated heterocycles. The molecule has 1 aliphatic heterocycles. The van der Waals surface area contributed by atoms with Crippen LogP contribution in [0.4, 0.5) is 10.6 Å². The van der Waals surface area contributed by atoms with Crippen LogP contribution in [-0.4, -0.2) is 43.1 Å². The van der Waals surface area contributed by atoms with Crippen molar-refractivity contribution in [3.63, 3.8) is 0 Å². The first-order valence-corrected chi connectivity index (χ1v) is 7.20. The number of aromatic nitrogens is 1. The second-order valence-corrected chi connectivity index (χ2v) is 5.64. The average Bonchev–Trinajstić information content (AvgIpc) is 2.38. The number of hydrogen-bond acceptors (Lipinski definition) is 3. The van der Waals surface area contributed by atoms with E-state index in [1.165, 1.54) is 5.56 Å². The molecule has 0 fully saturated rings. The van der Waals surface area contributed by atoms with Crippen molar-refractivity contribution < 1.29 is 4.79 Å². The van der Waals surface area contributed by atoms with E-state index in [2.05, 4.69) is 26.2 Å². The van der Waals surface area contributed by atoms with Crippen molar-refractivity contribution in [1.82, 2.24) is 15.2 Å². The molecule has 0 radical (unpaired) electrons. The first-order valence-electron chi connectivity index (χ1n) is 6.41. The van der Waals surface area contributed by atoms with Gasteiger partial charge in [-0.05, 0) is 34.8 Å². The summed E-state index contributed by atoms with van der Waals surface area (Å²) in [5, 5.41) is 2.85. The highest BCUT2D eigenvalue weighted by atomic mass is 79.9. The van der Waals surface area contributed by atoms with Gasteiger partial charge in [0.25, 0.3) is 0 Å². The van der Waals surface area contributed by atoms with Crippen LogP contribution in [0.25, 0.3) is 0 Å². The van der Waals surface area contributed by atoms with Crippen LogP contribution < -0.4 is 10.2 Å². The van der Waals surface area contributed by atoms with E-state index < -0.39 is 0 Å². The Labute approximate surface area is 122 Å². The number of amides is 2. The third-order valence-electron chi connectivity index (χ3n) is 3.24. The second kappa shape index (κ2) is 5.77. The molecule has 1 N–H and O–H groups in total. The van der Waals surface area contributed by atoms with Gasteiger partial charge in [-0.25, -0.2) is 9.78 Å². The first-order chi connectivity index (χ1) is 9.04. The highest BCUT2D eigenvalue weighted by molar-refractivity contribution is 9.10. The van der Waals surface area contributed by atoms with Crippen molar-refractivity contribution in [1.29, 1.82) is 0 Å². The molecule has 0 unspecified atom stereocenters. The van der Waals surface area contributed by atoms with Crippen molar-refractivity contribution >= 4 is 27.8 Å². The van der Waals surface area contributed by atoms with Crippen LogP contribution in [0.2, 0.25) is 0 Å². The maximum absolute atomic E-state index is 11.9. The lowest BCUT2D eigenvalue weighted by molar-refractivity contribution is 0.193. The Bertz CT molecular complexity index is 490. The highest BCUT2D eigenvalue weighted by Gasteiger charge is 2.25. The molecule has 2 amide bonds.